The Morgan fingerprint density at radius 1 is 1.12 bits per heavy atom. The monoisotopic (exact) mass is 228 g/mol. The molecule has 0 saturated carbocycles. The first-order valence-electron chi connectivity index (χ1n) is 6.28. The van der Waals surface area contributed by atoms with Crippen molar-refractivity contribution in [3.63, 3.8) is 0 Å². The van der Waals surface area contributed by atoms with E-state index in [1.165, 1.54) is 16.3 Å². The lowest BCUT2D eigenvalue weighted by molar-refractivity contribution is 0.543. The Kier molecular flexibility index (Phi) is 4.13. The van der Waals surface area contributed by atoms with Crippen molar-refractivity contribution in [1.29, 1.82) is 0 Å². The Hall–Kier alpha value is -1.38. The molecule has 0 aromatic heterocycles. The molecule has 0 aliphatic heterocycles. The van der Waals surface area contributed by atoms with E-state index in [4.69, 9.17) is 5.73 Å². The first kappa shape index (κ1) is 12.1. The molecule has 2 aromatic carbocycles. The summed E-state index contributed by atoms with van der Waals surface area (Å²) in [6.45, 7) is 3.81. The number of benzene rings is 2. The van der Waals surface area contributed by atoms with Gasteiger partial charge in [0.2, 0.25) is 0 Å². The van der Waals surface area contributed by atoms with Gasteiger partial charge in [-0.15, -0.1) is 0 Å². The molecule has 0 aliphatic rings. The molecule has 0 radical (unpaired) electrons. The Balaban J connectivity index is 2.38. The van der Waals surface area contributed by atoms with E-state index in [1.807, 2.05) is 0 Å². The zero-order valence-corrected chi connectivity index (χ0v) is 10.3. The molecule has 0 heterocycles. The predicted molar refractivity (Wildman–Crippen MR) is 74.0 cm³/mol. The Morgan fingerprint density at radius 3 is 2.65 bits per heavy atom. The van der Waals surface area contributed by atoms with Gasteiger partial charge in [-0.2, -0.15) is 0 Å². The molecule has 2 aromatic rings. The Morgan fingerprint density at radius 2 is 1.88 bits per heavy atom. The van der Waals surface area contributed by atoms with Crippen LogP contribution in [0.5, 0.6) is 0 Å². The minimum absolute atomic E-state index is 0.251. The van der Waals surface area contributed by atoms with E-state index in [1.54, 1.807) is 0 Å². The normalized spacial score (nSPS) is 12.8. The van der Waals surface area contributed by atoms with Crippen LogP contribution in [0.15, 0.2) is 42.5 Å². The van der Waals surface area contributed by atoms with Gasteiger partial charge in [-0.25, -0.2) is 0 Å². The fraction of sp³-hybridized carbons (Fsp3) is 0.333. The molecule has 3 N–H and O–H groups in total. The second kappa shape index (κ2) is 5.80. The third-order valence-electron chi connectivity index (χ3n) is 3.08. The summed E-state index contributed by atoms with van der Waals surface area (Å²) in [5.74, 6) is 0. The quantitative estimate of drug-likeness (QED) is 0.826. The van der Waals surface area contributed by atoms with E-state index in [-0.39, 0.29) is 6.04 Å². The minimum atomic E-state index is 0.251. The van der Waals surface area contributed by atoms with E-state index in [2.05, 4.69) is 54.7 Å². The number of fused-ring (bicyclic) bond motifs is 1. The lowest BCUT2D eigenvalue weighted by Crippen LogP contribution is -2.28. The second-order valence-electron chi connectivity index (χ2n) is 4.31. The SMILES string of the molecule is CCCNC(CN)c1cccc2ccccc12. The maximum absolute atomic E-state index is 5.87. The molecule has 2 nitrogen and oxygen atoms in total. The van der Waals surface area contributed by atoms with Gasteiger partial charge in [0, 0.05) is 12.6 Å². The molecule has 0 spiro atoms. The maximum Gasteiger partial charge on any atom is 0.0450 e. The summed E-state index contributed by atoms with van der Waals surface area (Å²) in [6, 6.07) is 15.1. The summed E-state index contributed by atoms with van der Waals surface area (Å²) < 4.78 is 0. The van der Waals surface area contributed by atoms with Crippen LogP contribution in [0.3, 0.4) is 0 Å². The van der Waals surface area contributed by atoms with Crippen molar-refractivity contribution in [3.05, 3.63) is 48.0 Å². The van der Waals surface area contributed by atoms with Gasteiger partial charge in [0.25, 0.3) is 0 Å². The topological polar surface area (TPSA) is 38.0 Å². The smallest absolute Gasteiger partial charge is 0.0450 e. The molecule has 0 bridgehead atoms. The average Bonchev–Trinajstić information content (AvgIpc) is 2.40. The highest BCUT2D eigenvalue weighted by Gasteiger charge is 2.10. The van der Waals surface area contributed by atoms with Crippen LogP contribution in [0, 0.1) is 0 Å². The second-order valence-corrected chi connectivity index (χ2v) is 4.31. The first-order valence-corrected chi connectivity index (χ1v) is 6.28. The van der Waals surface area contributed by atoms with Crippen molar-refractivity contribution in [2.75, 3.05) is 13.1 Å². The van der Waals surface area contributed by atoms with Gasteiger partial charge in [-0.3, -0.25) is 0 Å². The van der Waals surface area contributed by atoms with Crippen LogP contribution in [0.25, 0.3) is 10.8 Å². The van der Waals surface area contributed by atoms with Crippen LogP contribution in [0.4, 0.5) is 0 Å². The van der Waals surface area contributed by atoms with Crippen LogP contribution in [0.1, 0.15) is 24.9 Å². The first-order chi connectivity index (χ1) is 8.36. The summed E-state index contributed by atoms with van der Waals surface area (Å²) in [5, 5.41) is 6.08. The lowest BCUT2D eigenvalue weighted by atomic mass is 9.98. The summed E-state index contributed by atoms with van der Waals surface area (Å²) in [6.07, 6.45) is 1.13. The maximum atomic E-state index is 5.87. The highest BCUT2D eigenvalue weighted by molar-refractivity contribution is 5.86. The summed E-state index contributed by atoms with van der Waals surface area (Å²) in [4.78, 5) is 0. The van der Waals surface area contributed by atoms with E-state index < -0.39 is 0 Å². The molecule has 2 heteroatoms. The summed E-state index contributed by atoms with van der Waals surface area (Å²) >= 11 is 0. The van der Waals surface area contributed by atoms with E-state index in [9.17, 15) is 0 Å². The van der Waals surface area contributed by atoms with E-state index in [0.717, 1.165) is 13.0 Å². The minimum Gasteiger partial charge on any atom is -0.329 e. The number of rotatable bonds is 5. The molecule has 0 saturated heterocycles. The molecule has 2 rings (SSSR count). The Bertz CT molecular complexity index is 474. The van der Waals surface area contributed by atoms with Crippen molar-refractivity contribution < 1.29 is 0 Å². The lowest BCUT2D eigenvalue weighted by Gasteiger charge is -2.18. The molecule has 1 unspecified atom stereocenters. The van der Waals surface area contributed by atoms with Crippen molar-refractivity contribution in [1.82, 2.24) is 5.32 Å². The van der Waals surface area contributed by atoms with Gasteiger partial charge in [0.15, 0.2) is 0 Å². The number of nitrogens with one attached hydrogen (secondary N) is 1. The van der Waals surface area contributed by atoms with Crippen LogP contribution < -0.4 is 11.1 Å². The van der Waals surface area contributed by atoms with Crippen LogP contribution in [-0.4, -0.2) is 13.1 Å². The number of hydrogen-bond acceptors (Lipinski definition) is 2. The number of nitrogens with two attached hydrogens (primary N) is 1. The number of hydrogen-bond donors (Lipinski definition) is 2. The fourth-order valence-corrected chi connectivity index (χ4v) is 2.19. The van der Waals surface area contributed by atoms with Crippen molar-refractivity contribution in [2.45, 2.75) is 19.4 Å². The Labute approximate surface area is 103 Å². The van der Waals surface area contributed by atoms with Crippen molar-refractivity contribution >= 4 is 10.8 Å². The van der Waals surface area contributed by atoms with Crippen molar-refractivity contribution in [2.24, 2.45) is 5.73 Å². The summed E-state index contributed by atoms with van der Waals surface area (Å²) in [5.41, 5.74) is 7.18. The van der Waals surface area contributed by atoms with Crippen LogP contribution in [0.2, 0.25) is 0 Å². The standard InChI is InChI=1S/C15H20N2/c1-2-10-17-15(11-16)14-9-5-7-12-6-3-4-8-13(12)14/h3-9,15,17H,2,10-11,16H2,1H3. The van der Waals surface area contributed by atoms with Crippen molar-refractivity contribution in [3.8, 4) is 0 Å². The third kappa shape index (κ3) is 2.65. The van der Waals surface area contributed by atoms with Crippen LogP contribution >= 0.6 is 0 Å². The van der Waals surface area contributed by atoms with Crippen LogP contribution in [-0.2, 0) is 0 Å². The zero-order valence-electron chi connectivity index (χ0n) is 10.3. The van der Waals surface area contributed by atoms with E-state index in [0.29, 0.717) is 6.54 Å². The molecular weight excluding hydrogens is 208 g/mol. The summed E-state index contributed by atoms with van der Waals surface area (Å²) in [7, 11) is 0. The van der Waals surface area contributed by atoms with Gasteiger partial charge >= 0.3 is 0 Å². The zero-order chi connectivity index (χ0) is 12.1. The third-order valence-corrected chi connectivity index (χ3v) is 3.08. The molecule has 0 aliphatic carbocycles. The van der Waals surface area contributed by atoms with Gasteiger partial charge in [0.1, 0.15) is 0 Å². The average molecular weight is 228 g/mol. The highest BCUT2D eigenvalue weighted by Crippen LogP contribution is 2.23. The molecule has 0 fully saturated rings. The van der Waals surface area contributed by atoms with Gasteiger partial charge in [-0.05, 0) is 29.3 Å². The molecule has 17 heavy (non-hydrogen) atoms. The molecular formula is C15H20N2. The van der Waals surface area contributed by atoms with Gasteiger partial charge < -0.3 is 11.1 Å². The van der Waals surface area contributed by atoms with E-state index >= 15 is 0 Å². The molecule has 1 atom stereocenters. The largest absolute Gasteiger partial charge is 0.329 e. The highest BCUT2D eigenvalue weighted by atomic mass is 14.9. The molecule has 0 amide bonds. The van der Waals surface area contributed by atoms with Gasteiger partial charge in [0.05, 0.1) is 0 Å². The predicted octanol–water partition coefficient (Wildman–Crippen LogP) is 2.84. The molecule has 90 valence electrons. The fourth-order valence-electron chi connectivity index (χ4n) is 2.19. The van der Waals surface area contributed by atoms with Gasteiger partial charge in [-0.1, -0.05) is 49.4 Å².